The molecule has 19 heavy (non-hydrogen) atoms. The van der Waals surface area contributed by atoms with Crippen molar-refractivity contribution in [2.45, 2.75) is 13.5 Å². The number of hydrogen-bond acceptors (Lipinski definition) is 3. The lowest BCUT2D eigenvalue weighted by atomic mass is 10.3. The van der Waals surface area contributed by atoms with Crippen LogP contribution in [0.2, 0.25) is 5.15 Å². The van der Waals surface area contributed by atoms with Crippen LogP contribution in [0.5, 0.6) is 0 Å². The topological polar surface area (TPSA) is 64.0 Å². The molecule has 2 heterocycles. The molecule has 1 amide bonds. The molecule has 0 unspecified atom stereocenters. The maximum Gasteiger partial charge on any atom is 0.274 e. The molecule has 0 radical (unpaired) electrons. The van der Waals surface area contributed by atoms with Crippen LogP contribution in [0.25, 0.3) is 0 Å². The maximum absolute atomic E-state index is 11.9. The molecule has 0 aliphatic rings. The molecule has 0 spiro atoms. The lowest BCUT2D eigenvalue weighted by Gasteiger charge is -2.07. The van der Waals surface area contributed by atoms with E-state index >= 15 is 0 Å². The predicted octanol–water partition coefficient (Wildman–Crippen LogP) is 2.17. The van der Waals surface area contributed by atoms with Crippen LogP contribution in [0.4, 0.5) is 5.69 Å². The first-order valence-corrected chi connectivity index (χ1v) is 6.12. The largest absolute Gasteiger partial charge is 0.319 e. The third-order valence-electron chi connectivity index (χ3n) is 2.53. The van der Waals surface area contributed by atoms with E-state index in [0.29, 0.717) is 12.2 Å². The molecule has 5 nitrogen and oxygen atoms in total. The minimum atomic E-state index is -0.371. The summed E-state index contributed by atoms with van der Waals surface area (Å²) in [5.74, 6) is -0.371. The molecule has 6 heteroatoms. The number of pyridine rings is 2. The Labute approximate surface area is 114 Å². The number of carbonyl (C=O) groups is 1. The molecular weight excluding hydrogens is 266 g/mol. The Hall–Kier alpha value is -2.14. The first kappa shape index (κ1) is 13.3. The number of carbonyl (C=O) groups excluding carboxylic acids is 1. The van der Waals surface area contributed by atoms with Crippen molar-refractivity contribution >= 4 is 23.2 Å². The molecule has 2 aromatic heterocycles. The van der Waals surface area contributed by atoms with Gasteiger partial charge < -0.3 is 9.88 Å². The van der Waals surface area contributed by atoms with E-state index in [1.54, 1.807) is 30.5 Å². The zero-order chi connectivity index (χ0) is 13.8. The molecule has 0 saturated heterocycles. The number of aryl methyl sites for hydroxylation is 1. The third-order valence-corrected chi connectivity index (χ3v) is 2.74. The first-order valence-electron chi connectivity index (χ1n) is 5.74. The van der Waals surface area contributed by atoms with Crippen LogP contribution in [-0.2, 0) is 6.54 Å². The van der Waals surface area contributed by atoms with E-state index in [9.17, 15) is 9.59 Å². The molecule has 1 N–H and O–H groups in total. The van der Waals surface area contributed by atoms with Crippen molar-refractivity contribution in [3.8, 4) is 0 Å². The third kappa shape index (κ3) is 3.20. The number of nitrogens with one attached hydrogen (secondary N) is 1. The highest BCUT2D eigenvalue weighted by Gasteiger charge is 2.08. The average Bonchev–Trinajstić information content (AvgIpc) is 2.41. The van der Waals surface area contributed by atoms with Crippen LogP contribution >= 0.6 is 11.6 Å². The minimum Gasteiger partial charge on any atom is -0.319 e. The van der Waals surface area contributed by atoms with E-state index in [-0.39, 0.29) is 22.3 Å². The quantitative estimate of drug-likeness (QED) is 0.875. The summed E-state index contributed by atoms with van der Waals surface area (Å²) in [6.45, 7) is 2.39. The molecular formula is C13H12ClN3O2. The van der Waals surface area contributed by atoms with Crippen LogP contribution in [0.1, 0.15) is 17.4 Å². The fourth-order valence-corrected chi connectivity index (χ4v) is 1.75. The number of anilines is 1. The van der Waals surface area contributed by atoms with E-state index in [1.807, 2.05) is 6.92 Å². The summed E-state index contributed by atoms with van der Waals surface area (Å²) in [6.07, 6.45) is 1.59. The summed E-state index contributed by atoms with van der Waals surface area (Å²) in [4.78, 5) is 27.3. The predicted molar refractivity (Wildman–Crippen MR) is 73.6 cm³/mol. The Bertz CT molecular complexity index is 667. The highest BCUT2D eigenvalue weighted by Crippen LogP contribution is 2.09. The molecule has 0 saturated carbocycles. The number of nitrogens with zero attached hydrogens (tertiary/aromatic N) is 2. The Morgan fingerprint density at radius 2 is 2.16 bits per heavy atom. The number of rotatable bonds is 3. The number of aromatic nitrogens is 2. The molecule has 0 aliphatic carbocycles. The van der Waals surface area contributed by atoms with Gasteiger partial charge in [0.1, 0.15) is 10.8 Å². The van der Waals surface area contributed by atoms with Crippen molar-refractivity contribution in [2.75, 3.05) is 5.32 Å². The van der Waals surface area contributed by atoms with Crippen LogP contribution in [0, 0.1) is 0 Å². The maximum atomic E-state index is 11.9. The van der Waals surface area contributed by atoms with E-state index in [0.717, 1.165) is 0 Å². The summed E-state index contributed by atoms with van der Waals surface area (Å²) < 4.78 is 1.50. The van der Waals surface area contributed by atoms with E-state index < -0.39 is 0 Å². The lowest BCUT2D eigenvalue weighted by Crippen LogP contribution is -2.20. The molecule has 0 fully saturated rings. The van der Waals surface area contributed by atoms with E-state index in [2.05, 4.69) is 10.3 Å². The van der Waals surface area contributed by atoms with Crippen molar-refractivity contribution in [1.29, 1.82) is 0 Å². The van der Waals surface area contributed by atoms with Gasteiger partial charge in [0, 0.05) is 18.8 Å². The average molecular weight is 278 g/mol. The van der Waals surface area contributed by atoms with Gasteiger partial charge in [-0.15, -0.1) is 0 Å². The number of amides is 1. The van der Waals surface area contributed by atoms with Gasteiger partial charge in [-0.25, -0.2) is 4.98 Å². The Morgan fingerprint density at radius 1 is 1.37 bits per heavy atom. The second-order valence-electron chi connectivity index (χ2n) is 3.84. The van der Waals surface area contributed by atoms with Gasteiger partial charge in [-0.1, -0.05) is 17.7 Å². The summed E-state index contributed by atoms with van der Waals surface area (Å²) in [5, 5.41) is 2.92. The molecule has 98 valence electrons. The molecule has 0 atom stereocenters. The fourth-order valence-electron chi connectivity index (χ4n) is 1.58. The van der Waals surface area contributed by atoms with Gasteiger partial charge in [0.25, 0.3) is 11.5 Å². The van der Waals surface area contributed by atoms with Gasteiger partial charge in [0.15, 0.2) is 0 Å². The summed E-state index contributed by atoms with van der Waals surface area (Å²) in [7, 11) is 0. The Morgan fingerprint density at radius 3 is 2.84 bits per heavy atom. The summed E-state index contributed by atoms with van der Waals surface area (Å²) in [5.41, 5.74) is 0.649. The SMILES string of the molecule is CCn1cc(NC(=O)c2cccc(Cl)n2)ccc1=O. The number of hydrogen-bond donors (Lipinski definition) is 1. The second-order valence-corrected chi connectivity index (χ2v) is 4.23. The van der Waals surface area contributed by atoms with Gasteiger partial charge in [0.2, 0.25) is 0 Å². The molecule has 0 aromatic carbocycles. The highest BCUT2D eigenvalue weighted by molar-refractivity contribution is 6.29. The minimum absolute atomic E-state index is 0.110. The smallest absolute Gasteiger partial charge is 0.274 e. The van der Waals surface area contributed by atoms with Crippen molar-refractivity contribution in [1.82, 2.24) is 9.55 Å². The summed E-state index contributed by atoms with van der Waals surface area (Å²) >= 11 is 5.72. The molecule has 2 rings (SSSR count). The summed E-state index contributed by atoms with van der Waals surface area (Å²) in [6, 6.07) is 7.77. The second kappa shape index (κ2) is 5.67. The van der Waals surface area contributed by atoms with Gasteiger partial charge >= 0.3 is 0 Å². The van der Waals surface area contributed by atoms with Crippen molar-refractivity contribution in [3.05, 3.63) is 57.7 Å². The van der Waals surface area contributed by atoms with Crippen LogP contribution in [0.15, 0.2) is 41.3 Å². The molecule has 0 aliphatic heterocycles. The van der Waals surface area contributed by atoms with Gasteiger partial charge in [0.05, 0.1) is 5.69 Å². The van der Waals surface area contributed by atoms with Crippen LogP contribution in [-0.4, -0.2) is 15.5 Å². The first-order chi connectivity index (χ1) is 9.10. The highest BCUT2D eigenvalue weighted by atomic mass is 35.5. The molecule has 2 aromatic rings. The van der Waals surface area contributed by atoms with E-state index in [1.165, 1.54) is 10.6 Å². The zero-order valence-electron chi connectivity index (χ0n) is 10.3. The van der Waals surface area contributed by atoms with Crippen molar-refractivity contribution < 1.29 is 4.79 Å². The monoisotopic (exact) mass is 277 g/mol. The van der Waals surface area contributed by atoms with Crippen molar-refractivity contribution in [3.63, 3.8) is 0 Å². The van der Waals surface area contributed by atoms with E-state index in [4.69, 9.17) is 11.6 Å². The lowest BCUT2D eigenvalue weighted by molar-refractivity contribution is 0.102. The van der Waals surface area contributed by atoms with Crippen molar-refractivity contribution in [2.24, 2.45) is 0 Å². The Kier molecular flexibility index (Phi) is 3.97. The standard InChI is InChI=1S/C13H12ClN3O2/c1-2-17-8-9(6-7-12(17)18)15-13(19)10-4-3-5-11(14)16-10/h3-8H,2H2,1H3,(H,15,19). The van der Waals surface area contributed by atoms with Gasteiger partial charge in [-0.3, -0.25) is 9.59 Å². The Balaban J connectivity index is 2.22. The normalized spacial score (nSPS) is 10.2. The van der Waals surface area contributed by atoms with Crippen LogP contribution < -0.4 is 10.9 Å². The number of halogens is 1. The van der Waals surface area contributed by atoms with Gasteiger partial charge in [-0.2, -0.15) is 0 Å². The van der Waals surface area contributed by atoms with Gasteiger partial charge in [-0.05, 0) is 25.1 Å². The zero-order valence-corrected chi connectivity index (χ0v) is 11.0. The van der Waals surface area contributed by atoms with Crippen LogP contribution in [0.3, 0.4) is 0 Å². The fraction of sp³-hybridized carbons (Fsp3) is 0.154. The molecule has 0 bridgehead atoms.